The van der Waals surface area contributed by atoms with Gasteiger partial charge in [0.15, 0.2) is 11.6 Å². The van der Waals surface area contributed by atoms with Crippen LogP contribution >= 0.6 is 0 Å². The van der Waals surface area contributed by atoms with Crippen molar-refractivity contribution >= 4 is 5.97 Å². The minimum Gasteiger partial charge on any atom is -0.487 e. The van der Waals surface area contributed by atoms with Crippen molar-refractivity contribution in [1.82, 2.24) is 4.57 Å². The van der Waals surface area contributed by atoms with Crippen LogP contribution in [0.15, 0.2) is 42.6 Å². The van der Waals surface area contributed by atoms with Gasteiger partial charge in [0, 0.05) is 24.4 Å². The third-order valence-corrected chi connectivity index (χ3v) is 5.30. The Labute approximate surface area is 180 Å². The number of halogens is 5. The number of rotatable bonds is 7. The van der Waals surface area contributed by atoms with E-state index < -0.39 is 36.0 Å². The molecular weight excluding hydrogens is 433 g/mol. The van der Waals surface area contributed by atoms with E-state index in [0.717, 1.165) is 40.1 Å². The molecule has 3 aromatic rings. The number of alkyl halides is 3. The molecule has 1 aromatic heterocycles. The second kappa shape index (κ2) is 9.02. The van der Waals surface area contributed by atoms with E-state index in [9.17, 15) is 26.7 Å². The number of aliphatic carboxylic acids is 1. The number of nitrogens with zero attached hydrogens (tertiary/aromatic N) is 1. The van der Waals surface area contributed by atoms with Gasteiger partial charge < -0.3 is 14.4 Å². The molecule has 2 aromatic carbocycles. The summed E-state index contributed by atoms with van der Waals surface area (Å²) in [5, 5.41) is 8.86. The Morgan fingerprint density at radius 3 is 2.38 bits per heavy atom. The molecule has 0 fully saturated rings. The van der Waals surface area contributed by atoms with E-state index >= 15 is 0 Å². The summed E-state index contributed by atoms with van der Waals surface area (Å²) in [4.78, 5) is 10.8. The van der Waals surface area contributed by atoms with Crippen molar-refractivity contribution in [1.29, 1.82) is 0 Å². The molecule has 0 aliphatic rings. The monoisotopic (exact) mass is 453 g/mol. The molecule has 170 valence electrons. The zero-order valence-electron chi connectivity index (χ0n) is 17.3. The van der Waals surface area contributed by atoms with E-state index in [2.05, 4.69) is 0 Å². The third kappa shape index (κ3) is 4.92. The number of hydrogen-bond acceptors (Lipinski definition) is 2. The molecular formula is C23H20F5NO3. The van der Waals surface area contributed by atoms with Crippen LogP contribution in [-0.2, 0) is 24.0 Å². The topological polar surface area (TPSA) is 51.5 Å². The molecule has 0 unspecified atom stereocenters. The lowest BCUT2D eigenvalue weighted by Crippen LogP contribution is -2.13. The number of carboxylic acid groups (broad SMARTS) is 1. The molecule has 1 heterocycles. The predicted octanol–water partition coefficient (Wildman–Crippen LogP) is 5.99. The largest absolute Gasteiger partial charge is 0.487 e. The maximum Gasteiger partial charge on any atom is 0.418 e. The van der Waals surface area contributed by atoms with Gasteiger partial charge in [0.25, 0.3) is 0 Å². The smallest absolute Gasteiger partial charge is 0.418 e. The lowest BCUT2D eigenvalue weighted by atomic mass is 9.99. The van der Waals surface area contributed by atoms with Gasteiger partial charge in [-0.1, -0.05) is 6.07 Å². The quantitative estimate of drug-likeness (QED) is 0.448. The maximum atomic E-state index is 13.7. The number of aromatic nitrogens is 1. The van der Waals surface area contributed by atoms with Crippen molar-refractivity contribution in [2.45, 2.75) is 39.5 Å². The zero-order chi connectivity index (χ0) is 23.6. The highest BCUT2D eigenvalue weighted by Gasteiger charge is 2.35. The van der Waals surface area contributed by atoms with Crippen LogP contribution in [0.5, 0.6) is 5.75 Å². The van der Waals surface area contributed by atoms with Crippen LogP contribution in [0.25, 0.3) is 5.69 Å². The van der Waals surface area contributed by atoms with Gasteiger partial charge in [-0.15, -0.1) is 0 Å². The Bertz CT molecular complexity index is 1150. The van der Waals surface area contributed by atoms with E-state index in [1.807, 2.05) is 0 Å². The molecule has 0 aliphatic heterocycles. The number of carboxylic acids is 1. The summed E-state index contributed by atoms with van der Waals surface area (Å²) < 4.78 is 74.4. The zero-order valence-corrected chi connectivity index (χ0v) is 17.3. The van der Waals surface area contributed by atoms with E-state index in [4.69, 9.17) is 9.84 Å². The number of hydrogen-bond donors (Lipinski definition) is 1. The molecule has 0 saturated carbocycles. The molecule has 9 heteroatoms. The fourth-order valence-electron chi connectivity index (χ4n) is 3.41. The lowest BCUT2D eigenvalue weighted by molar-refractivity contribution is -0.139. The molecule has 0 atom stereocenters. The Morgan fingerprint density at radius 2 is 1.75 bits per heavy atom. The molecule has 0 spiro atoms. The molecule has 0 saturated heterocycles. The van der Waals surface area contributed by atoms with Gasteiger partial charge in [-0.25, -0.2) is 8.78 Å². The van der Waals surface area contributed by atoms with Crippen LogP contribution < -0.4 is 4.74 Å². The van der Waals surface area contributed by atoms with Crippen molar-refractivity contribution in [2.75, 3.05) is 0 Å². The summed E-state index contributed by atoms with van der Waals surface area (Å²) in [6, 6.07) is 6.94. The molecule has 3 rings (SSSR count). The van der Waals surface area contributed by atoms with Crippen LogP contribution in [0.1, 0.15) is 34.4 Å². The Balaban J connectivity index is 1.93. The number of benzene rings is 2. The SMILES string of the molecule is Cc1c(CCC(=O)O)ccc(OCc2c(C(F)(F)F)ccn2-c2ccc(F)c(F)c2)c1C. The van der Waals surface area contributed by atoms with Gasteiger partial charge in [-0.3, -0.25) is 4.79 Å². The fraction of sp³-hybridized carbons (Fsp3) is 0.261. The first-order chi connectivity index (χ1) is 15.0. The van der Waals surface area contributed by atoms with Crippen molar-refractivity contribution in [2.24, 2.45) is 0 Å². The van der Waals surface area contributed by atoms with Crippen LogP contribution in [0.4, 0.5) is 22.0 Å². The highest BCUT2D eigenvalue weighted by molar-refractivity contribution is 5.67. The maximum absolute atomic E-state index is 13.7. The highest BCUT2D eigenvalue weighted by Crippen LogP contribution is 2.35. The summed E-state index contributed by atoms with van der Waals surface area (Å²) in [6.07, 6.45) is -3.27. The molecule has 0 radical (unpaired) electrons. The van der Waals surface area contributed by atoms with Crippen LogP contribution in [0, 0.1) is 25.5 Å². The number of carbonyl (C=O) groups is 1. The number of ether oxygens (including phenoxy) is 1. The first-order valence-electron chi connectivity index (χ1n) is 9.65. The van der Waals surface area contributed by atoms with Gasteiger partial charge >= 0.3 is 12.1 Å². The van der Waals surface area contributed by atoms with E-state index in [0.29, 0.717) is 17.7 Å². The molecule has 32 heavy (non-hydrogen) atoms. The average molecular weight is 453 g/mol. The minimum absolute atomic E-state index is 0.0231. The fourth-order valence-corrected chi connectivity index (χ4v) is 3.41. The second-order valence-corrected chi connectivity index (χ2v) is 7.30. The highest BCUT2D eigenvalue weighted by atomic mass is 19.4. The number of aryl methyl sites for hydroxylation is 1. The summed E-state index contributed by atoms with van der Waals surface area (Å²) in [5.41, 5.74) is 1.07. The molecule has 4 nitrogen and oxygen atoms in total. The molecule has 1 N–H and O–H groups in total. The standard InChI is InChI=1S/C23H20F5NO3/c1-13-14(2)21(7-3-15(13)4-8-22(30)31)32-12-20-17(23(26,27)28)9-10-29(20)16-5-6-18(24)19(25)11-16/h3,5-7,9-11H,4,8,12H2,1-2H3,(H,30,31). The normalized spacial score (nSPS) is 11.6. The van der Waals surface area contributed by atoms with E-state index in [1.165, 1.54) is 6.07 Å². The summed E-state index contributed by atoms with van der Waals surface area (Å²) >= 11 is 0. The Kier molecular flexibility index (Phi) is 6.57. The predicted molar refractivity (Wildman–Crippen MR) is 107 cm³/mol. The van der Waals surface area contributed by atoms with Crippen LogP contribution in [0.3, 0.4) is 0 Å². The van der Waals surface area contributed by atoms with Gasteiger partial charge in [0.05, 0.1) is 11.3 Å². The summed E-state index contributed by atoms with van der Waals surface area (Å²) in [5.74, 6) is -2.88. The Hall–Kier alpha value is -3.36. The van der Waals surface area contributed by atoms with Gasteiger partial charge in [-0.05, 0) is 61.2 Å². The first kappa shape index (κ1) is 23.3. The van der Waals surface area contributed by atoms with Crippen molar-refractivity contribution in [3.63, 3.8) is 0 Å². The lowest BCUT2D eigenvalue weighted by Gasteiger charge is -2.17. The van der Waals surface area contributed by atoms with Gasteiger partial charge in [-0.2, -0.15) is 13.2 Å². The van der Waals surface area contributed by atoms with E-state index in [1.54, 1.807) is 26.0 Å². The van der Waals surface area contributed by atoms with Crippen molar-refractivity contribution in [3.8, 4) is 11.4 Å². The van der Waals surface area contributed by atoms with Gasteiger partial charge in [0.2, 0.25) is 0 Å². The average Bonchev–Trinajstić information content (AvgIpc) is 3.14. The van der Waals surface area contributed by atoms with Crippen molar-refractivity contribution < 1.29 is 36.6 Å². The molecule has 0 bridgehead atoms. The van der Waals surface area contributed by atoms with Crippen molar-refractivity contribution in [3.05, 3.63) is 82.2 Å². The van der Waals surface area contributed by atoms with Gasteiger partial charge in [0.1, 0.15) is 12.4 Å². The summed E-state index contributed by atoms with van der Waals surface area (Å²) in [6.45, 7) is 3.04. The first-order valence-corrected chi connectivity index (χ1v) is 9.65. The molecule has 0 aliphatic carbocycles. The minimum atomic E-state index is -4.67. The second-order valence-electron chi connectivity index (χ2n) is 7.30. The van der Waals surface area contributed by atoms with Crippen LogP contribution in [0.2, 0.25) is 0 Å². The van der Waals surface area contributed by atoms with E-state index in [-0.39, 0.29) is 17.8 Å². The summed E-state index contributed by atoms with van der Waals surface area (Å²) in [7, 11) is 0. The third-order valence-electron chi connectivity index (χ3n) is 5.30. The Morgan fingerprint density at radius 1 is 1.03 bits per heavy atom. The van der Waals surface area contributed by atoms with Crippen LogP contribution in [-0.4, -0.2) is 15.6 Å². The molecule has 0 amide bonds.